The van der Waals surface area contributed by atoms with E-state index in [1.54, 1.807) is 10.9 Å². The Morgan fingerprint density at radius 1 is 1.35 bits per heavy atom. The van der Waals surface area contributed by atoms with Crippen LogP contribution in [0.1, 0.15) is 30.7 Å². The molecule has 2 aromatic rings. The average molecular weight is 327 g/mol. The molecule has 2 atom stereocenters. The predicted molar refractivity (Wildman–Crippen MR) is 75.7 cm³/mol. The summed E-state index contributed by atoms with van der Waals surface area (Å²) < 4.78 is 45.0. The number of hydrogen-bond acceptors (Lipinski definition) is 5. The summed E-state index contributed by atoms with van der Waals surface area (Å²) in [5.74, 6) is 0.293. The van der Waals surface area contributed by atoms with Gasteiger partial charge in [0, 0.05) is 24.9 Å². The Kier molecular flexibility index (Phi) is 4.20. The second-order valence-electron chi connectivity index (χ2n) is 5.26. The van der Waals surface area contributed by atoms with E-state index in [-0.39, 0.29) is 12.1 Å². The Bertz CT molecular complexity index is 655. The van der Waals surface area contributed by atoms with Gasteiger partial charge < -0.3 is 10.1 Å². The number of aryl methyl sites for hydroxylation is 1. The molecule has 3 rings (SSSR count). The summed E-state index contributed by atoms with van der Waals surface area (Å²) in [6, 6.07) is 2.10. The number of rotatable bonds is 4. The molecule has 0 bridgehead atoms. The van der Waals surface area contributed by atoms with Crippen molar-refractivity contribution < 1.29 is 17.9 Å². The summed E-state index contributed by atoms with van der Waals surface area (Å²) in [6.07, 6.45) is -0.320. The van der Waals surface area contributed by atoms with Gasteiger partial charge in [-0.1, -0.05) is 0 Å². The summed E-state index contributed by atoms with van der Waals surface area (Å²) in [4.78, 5) is 0. The monoisotopic (exact) mass is 327 g/mol. The molecule has 0 aromatic carbocycles. The topological polar surface area (TPSA) is 64.9 Å². The third-order valence-corrected chi connectivity index (χ3v) is 3.69. The molecule has 1 N–H and O–H groups in total. The third-order valence-electron chi connectivity index (χ3n) is 3.69. The lowest BCUT2D eigenvalue weighted by Gasteiger charge is -2.19. The minimum absolute atomic E-state index is 0.0875. The van der Waals surface area contributed by atoms with Crippen LogP contribution < -0.4 is 5.32 Å². The van der Waals surface area contributed by atoms with Gasteiger partial charge in [-0.3, -0.25) is 4.68 Å². The van der Waals surface area contributed by atoms with Crippen LogP contribution in [-0.4, -0.2) is 32.6 Å². The fourth-order valence-electron chi connectivity index (χ4n) is 2.52. The van der Waals surface area contributed by atoms with E-state index >= 15 is 0 Å². The van der Waals surface area contributed by atoms with Crippen molar-refractivity contribution >= 4 is 5.82 Å². The largest absolute Gasteiger partial charge is 0.435 e. The Morgan fingerprint density at radius 2 is 2.17 bits per heavy atom. The van der Waals surface area contributed by atoms with Gasteiger partial charge in [-0.15, -0.1) is 10.2 Å². The summed E-state index contributed by atoms with van der Waals surface area (Å²) in [6.45, 7) is 3.31. The van der Waals surface area contributed by atoms with Gasteiger partial charge in [0.2, 0.25) is 0 Å². The standard InChI is InChI=1S/C14H16F3N5O/c1-2-22-8-9(7-18-22)13-10(5-6-23-13)19-12-4-3-11(20-21-12)14(15,16)17/h3-4,7-8,10,13H,2,5-6H2,1H3,(H,19,21)/t10-,13+/m0/s1. The fourth-order valence-corrected chi connectivity index (χ4v) is 2.52. The number of halogens is 3. The van der Waals surface area contributed by atoms with Crippen LogP contribution in [0.3, 0.4) is 0 Å². The van der Waals surface area contributed by atoms with Crippen LogP contribution in [0.5, 0.6) is 0 Å². The molecule has 6 nitrogen and oxygen atoms in total. The molecule has 3 heterocycles. The van der Waals surface area contributed by atoms with Gasteiger partial charge in [0.1, 0.15) is 11.9 Å². The van der Waals surface area contributed by atoms with Crippen LogP contribution in [0, 0.1) is 0 Å². The van der Waals surface area contributed by atoms with Gasteiger partial charge in [-0.25, -0.2) is 0 Å². The first-order valence-electron chi connectivity index (χ1n) is 7.29. The summed E-state index contributed by atoms with van der Waals surface area (Å²) in [7, 11) is 0. The molecule has 0 spiro atoms. The molecule has 1 fully saturated rings. The number of aromatic nitrogens is 4. The zero-order chi connectivity index (χ0) is 16.4. The minimum atomic E-state index is -4.49. The lowest BCUT2D eigenvalue weighted by atomic mass is 10.1. The van der Waals surface area contributed by atoms with Crippen molar-refractivity contribution in [1.29, 1.82) is 0 Å². The highest BCUT2D eigenvalue weighted by atomic mass is 19.4. The molecular formula is C14H16F3N5O. The second-order valence-corrected chi connectivity index (χ2v) is 5.26. The van der Waals surface area contributed by atoms with Crippen LogP contribution in [-0.2, 0) is 17.5 Å². The molecule has 1 aliphatic heterocycles. The average Bonchev–Trinajstić information content (AvgIpc) is 3.15. The molecule has 0 radical (unpaired) electrons. The third kappa shape index (κ3) is 3.44. The van der Waals surface area contributed by atoms with Crippen molar-refractivity contribution in [3.63, 3.8) is 0 Å². The van der Waals surface area contributed by atoms with E-state index in [1.165, 1.54) is 6.07 Å². The first-order valence-corrected chi connectivity index (χ1v) is 7.29. The smallest absolute Gasteiger partial charge is 0.371 e. The highest BCUT2D eigenvalue weighted by molar-refractivity contribution is 5.36. The van der Waals surface area contributed by atoms with Crippen LogP contribution in [0.15, 0.2) is 24.5 Å². The second kappa shape index (κ2) is 6.15. The van der Waals surface area contributed by atoms with Crippen molar-refractivity contribution in [2.75, 3.05) is 11.9 Å². The minimum Gasteiger partial charge on any atom is -0.371 e. The Hall–Kier alpha value is -2.16. The summed E-state index contributed by atoms with van der Waals surface area (Å²) in [5.41, 5.74) is -0.0757. The van der Waals surface area contributed by atoms with Gasteiger partial charge in [-0.2, -0.15) is 18.3 Å². The first kappa shape index (κ1) is 15.7. The highest BCUT2D eigenvalue weighted by Gasteiger charge is 2.34. The molecule has 23 heavy (non-hydrogen) atoms. The molecule has 1 aliphatic rings. The van der Waals surface area contributed by atoms with Crippen molar-refractivity contribution in [2.45, 2.75) is 38.2 Å². The van der Waals surface area contributed by atoms with Crippen molar-refractivity contribution in [1.82, 2.24) is 20.0 Å². The number of hydrogen-bond donors (Lipinski definition) is 1. The molecule has 0 saturated carbocycles. The maximum atomic E-state index is 12.5. The van der Waals surface area contributed by atoms with Crippen molar-refractivity contribution in [3.8, 4) is 0 Å². The van der Waals surface area contributed by atoms with E-state index < -0.39 is 11.9 Å². The summed E-state index contributed by atoms with van der Waals surface area (Å²) in [5, 5.41) is 14.1. The van der Waals surface area contributed by atoms with E-state index in [4.69, 9.17) is 4.74 Å². The number of anilines is 1. The molecule has 0 amide bonds. The number of nitrogens with zero attached hydrogens (tertiary/aromatic N) is 4. The lowest BCUT2D eigenvalue weighted by molar-refractivity contribution is -0.141. The Labute approximate surface area is 130 Å². The molecule has 0 aliphatic carbocycles. The Morgan fingerprint density at radius 3 is 2.78 bits per heavy atom. The zero-order valence-electron chi connectivity index (χ0n) is 12.4. The molecule has 1 saturated heterocycles. The molecular weight excluding hydrogens is 311 g/mol. The maximum Gasteiger partial charge on any atom is 0.435 e. The van der Waals surface area contributed by atoms with Crippen LogP contribution >= 0.6 is 0 Å². The van der Waals surface area contributed by atoms with Crippen LogP contribution in [0.4, 0.5) is 19.0 Å². The van der Waals surface area contributed by atoms with Gasteiger partial charge >= 0.3 is 6.18 Å². The van der Waals surface area contributed by atoms with Gasteiger partial charge in [0.15, 0.2) is 5.69 Å². The lowest BCUT2D eigenvalue weighted by Crippen LogP contribution is -2.24. The highest BCUT2D eigenvalue weighted by Crippen LogP contribution is 2.31. The van der Waals surface area contributed by atoms with Crippen molar-refractivity contribution in [3.05, 3.63) is 35.8 Å². The maximum absolute atomic E-state index is 12.5. The van der Waals surface area contributed by atoms with Crippen LogP contribution in [0.2, 0.25) is 0 Å². The van der Waals surface area contributed by atoms with E-state index in [0.717, 1.165) is 24.6 Å². The van der Waals surface area contributed by atoms with E-state index in [0.29, 0.717) is 12.4 Å². The number of alkyl halides is 3. The molecule has 2 aromatic heterocycles. The predicted octanol–water partition coefficient (Wildman–Crippen LogP) is 2.65. The quantitative estimate of drug-likeness (QED) is 0.935. The van der Waals surface area contributed by atoms with Crippen LogP contribution in [0.25, 0.3) is 0 Å². The first-order chi connectivity index (χ1) is 11.0. The van der Waals surface area contributed by atoms with Gasteiger partial charge in [0.25, 0.3) is 0 Å². The number of nitrogens with one attached hydrogen (secondary N) is 1. The van der Waals surface area contributed by atoms with Gasteiger partial charge in [-0.05, 0) is 25.5 Å². The normalized spacial score (nSPS) is 21.6. The summed E-state index contributed by atoms with van der Waals surface area (Å²) >= 11 is 0. The molecule has 0 unspecified atom stereocenters. The zero-order valence-corrected chi connectivity index (χ0v) is 12.4. The van der Waals surface area contributed by atoms with E-state index in [1.807, 2.05) is 13.1 Å². The van der Waals surface area contributed by atoms with E-state index in [9.17, 15) is 13.2 Å². The fraction of sp³-hybridized carbons (Fsp3) is 0.500. The van der Waals surface area contributed by atoms with E-state index in [2.05, 4.69) is 20.6 Å². The SMILES string of the molecule is CCn1cc([C@H]2OCC[C@@H]2Nc2ccc(C(F)(F)F)nn2)cn1. The molecule has 124 valence electrons. The van der Waals surface area contributed by atoms with Gasteiger partial charge in [0.05, 0.1) is 12.2 Å². The Balaban J connectivity index is 1.71. The van der Waals surface area contributed by atoms with Crippen molar-refractivity contribution in [2.24, 2.45) is 0 Å². The number of ether oxygens (including phenoxy) is 1. The molecule has 9 heteroatoms.